The molecule has 0 atom stereocenters. The average molecular weight is 584 g/mol. The lowest BCUT2D eigenvalue weighted by atomic mass is 9.84. The van der Waals surface area contributed by atoms with Crippen LogP contribution in [0.4, 0.5) is 0 Å². The van der Waals surface area contributed by atoms with Crippen molar-refractivity contribution in [2.75, 3.05) is 0 Å². The van der Waals surface area contributed by atoms with Crippen molar-refractivity contribution < 1.29 is 19.0 Å². The fourth-order valence-electron chi connectivity index (χ4n) is 4.09. The summed E-state index contributed by atoms with van der Waals surface area (Å²) in [6, 6.07) is 16.8. The number of halogens is 2. The summed E-state index contributed by atoms with van der Waals surface area (Å²) in [7, 11) is 0. The normalized spacial score (nSPS) is 11.5. The molecule has 3 aromatic carbocycles. The highest BCUT2D eigenvalue weighted by Crippen LogP contribution is 2.42. The average Bonchev–Trinajstić information content (AvgIpc) is 2.80. The third kappa shape index (κ3) is 3.73. The van der Waals surface area contributed by atoms with Crippen molar-refractivity contribution in [3.63, 3.8) is 0 Å². The van der Waals surface area contributed by atoms with Gasteiger partial charge in [0.2, 0.25) is 0 Å². The topological polar surface area (TPSA) is 101 Å². The lowest BCUT2D eigenvalue weighted by Crippen LogP contribution is -2.21. The Kier molecular flexibility index (Phi) is 5.58. The highest BCUT2D eigenvalue weighted by atomic mass is 79.9. The first kappa shape index (κ1) is 22.4. The third-order valence-electron chi connectivity index (χ3n) is 5.74. The summed E-state index contributed by atoms with van der Waals surface area (Å²) in [5.41, 5.74) is -0.166. The largest absolute Gasteiger partial charge is 0.507 e. The molecule has 0 saturated carbocycles. The van der Waals surface area contributed by atoms with E-state index in [1.807, 2.05) is 19.1 Å². The van der Waals surface area contributed by atoms with Crippen molar-refractivity contribution in [3.8, 4) is 11.5 Å². The number of benzene rings is 3. The van der Waals surface area contributed by atoms with E-state index < -0.39 is 17.2 Å². The van der Waals surface area contributed by atoms with Gasteiger partial charge in [-0.3, -0.25) is 0 Å². The minimum Gasteiger partial charge on any atom is -0.507 e. The fraction of sp³-hybridized carbons (Fsp3) is 0.0769. The first-order valence-corrected chi connectivity index (χ1v) is 11.8. The van der Waals surface area contributed by atoms with Crippen molar-refractivity contribution in [2.24, 2.45) is 0 Å². The second-order valence-electron chi connectivity index (χ2n) is 7.93. The first-order chi connectivity index (χ1) is 16.2. The zero-order valence-corrected chi connectivity index (χ0v) is 20.8. The van der Waals surface area contributed by atoms with Gasteiger partial charge in [-0.2, -0.15) is 0 Å². The quantitative estimate of drug-likeness (QED) is 0.241. The van der Waals surface area contributed by atoms with Crippen molar-refractivity contribution >= 4 is 53.8 Å². The maximum atomic E-state index is 13.2. The Balaban J connectivity index is 1.91. The van der Waals surface area contributed by atoms with Gasteiger partial charge in [0.15, 0.2) is 0 Å². The molecule has 0 aliphatic heterocycles. The Morgan fingerprint density at radius 2 is 1.15 bits per heavy atom. The Morgan fingerprint density at radius 1 is 0.706 bits per heavy atom. The zero-order chi connectivity index (χ0) is 24.1. The van der Waals surface area contributed by atoms with Crippen LogP contribution in [0.15, 0.2) is 88.0 Å². The molecule has 0 aliphatic carbocycles. The first-order valence-electron chi connectivity index (χ1n) is 10.2. The molecule has 5 aromatic rings. The molecule has 0 fully saturated rings. The summed E-state index contributed by atoms with van der Waals surface area (Å²) < 4.78 is 12.3. The predicted octanol–water partition coefficient (Wildman–Crippen LogP) is 6.32. The minimum atomic E-state index is -1.15. The molecule has 0 amide bonds. The van der Waals surface area contributed by atoms with Crippen LogP contribution in [0.5, 0.6) is 11.5 Å². The maximum absolute atomic E-state index is 13.2. The summed E-state index contributed by atoms with van der Waals surface area (Å²) in [6.45, 7) is 1.90. The molecular formula is C26H16Br2O6. The van der Waals surface area contributed by atoms with Crippen LogP contribution in [0, 0.1) is 6.92 Å². The van der Waals surface area contributed by atoms with Gasteiger partial charge in [-0.15, -0.1) is 0 Å². The van der Waals surface area contributed by atoms with E-state index in [2.05, 4.69) is 31.9 Å². The highest BCUT2D eigenvalue weighted by Gasteiger charge is 2.32. The Bertz CT molecular complexity index is 1600. The Labute approximate surface area is 209 Å². The SMILES string of the molecule is Cc1ccc(C(c2c(O)c3cc(Br)ccc3oc2=O)c2c(O)c3cc(Br)ccc3oc2=O)cc1. The Hall–Kier alpha value is -3.36. The van der Waals surface area contributed by atoms with Crippen LogP contribution in [-0.2, 0) is 0 Å². The van der Waals surface area contributed by atoms with E-state index in [-0.39, 0.29) is 44.6 Å². The molecule has 0 spiro atoms. The summed E-state index contributed by atoms with van der Waals surface area (Å²) in [5.74, 6) is -1.84. The van der Waals surface area contributed by atoms with Crippen LogP contribution in [0.3, 0.4) is 0 Å². The number of hydrogen-bond donors (Lipinski definition) is 2. The van der Waals surface area contributed by atoms with Gasteiger partial charge in [0, 0.05) is 8.95 Å². The monoisotopic (exact) mass is 582 g/mol. The van der Waals surface area contributed by atoms with Crippen LogP contribution >= 0.6 is 31.9 Å². The van der Waals surface area contributed by atoms with Gasteiger partial charge in [-0.1, -0.05) is 61.7 Å². The second-order valence-corrected chi connectivity index (χ2v) is 9.76. The zero-order valence-electron chi connectivity index (χ0n) is 17.6. The van der Waals surface area contributed by atoms with Crippen LogP contribution in [0.2, 0.25) is 0 Å². The van der Waals surface area contributed by atoms with Gasteiger partial charge in [0.05, 0.1) is 27.8 Å². The molecule has 0 unspecified atom stereocenters. The second kappa shape index (κ2) is 8.45. The molecule has 8 heteroatoms. The molecule has 6 nitrogen and oxygen atoms in total. The van der Waals surface area contributed by atoms with Crippen LogP contribution < -0.4 is 11.3 Å². The van der Waals surface area contributed by atoms with Crippen molar-refractivity contribution in [3.05, 3.63) is 113 Å². The van der Waals surface area contributed by atoms with E-state index in [9.17, 15) is 19.8 Å². The molecule has 0 bridgehead atoms. The van der Waals surface area contributed by atoms with E-state index in [1.54, 1.807) is 48.5 Å². The Morgan fingerprint density at radius 3 is 1.59 bits per heavy atom. The number of rotatable bonds is 3. The molecular weight excluding hydrogens is 568 g/mol. The number of hydrogen-bond acceptors (Lipinski definition) is 6. The molecule has 2 N–H and O–H groups in total. The van der Waals surface area contributed by atoms with Gasteiger partial charge in [-0.05, 0) is 48.9 Å². The maximum Gasteiger partial charge on any atom is 0.344 e. The molecule has 2 heterocycles. The highest BCUT2D eigenvalue weighted by molar-refractivity contribution is 9.10. The van der Waals surface area contributed by atoms with Gasteiger partial charge in [-0.25, -0.2) is 9.59 Å². The molecule has 0 radical (unpaired) electrons. The lowest BCUT2D eigenvalue weighted by Gasteiger charge is -2.20. The van der Waals surface area contributed by atoms with E-state index in [1.165, 1.54) is 0 Å². The minimum absolute atomic E-state index is 0.175. The predicted molar refractivity (Wildman–Crippen MR) is 136 cm³/mol. The van der Waals surface area contributed by atoms with Crippen molar-refractivity contribution in [1.82, 2.24) is 0 Å². The third-order valence-corrected chi connectivity index (χ3v) is 6.72. The number of aryl methyl sites for hydroxylation is 1. The standard InChI is InChI=1S/C26H16Br2O6/c1-12-2-4-13(5-3-12)20(21-23(29)16-10-14(27)6-8-18(16)33-25(21)31)22-24(30)17-11-15(28)7-9-19(17)34-26(22)32/h2-11,20,29-30H,1H3. The fourth-order valence-corrected chi connectivity index (χ4v) is 4.81. The number of aromatic hydroxyl groups is 2. The van der Waals surface area contributed by atoms with Gasteiger partial charge >= 0.3 is 11.3 Å². The number of fused-ring (bicyclic) bond motifs is 2. The van der Waals surface area contributed by atoms with Crippen LogP contribution in [0.25, 0.3) is 21.9 Å². The van der Waals surface area contributed by atoms with Crippen molar-refractivity contribution in [2.45, 2.75) is 12.8 Å². The van der Waals surface area contributed by atoms with E-state index in [4.69, 9.17) is 8.83 Å². The van der Waals surface area contributed by atoms with Gasteiger partial charge in [0.1, 0.15) is 22.7 Å². The molecule has 2 aromatic heterocycles. The van der Waals surface area contributed by atoms with Gasteiger partial charge in [0.25, 0.3) is 0 Å². The molecule has 5 rings (SSSR count). The summed E-state index contributed by atoms with van der Waals surface area (Å²) in [5, 5.41) is 23.0. The van der Waals surface area contributed by atoms with Gasteiger partial charge < -0.3 is 19.0 Å². The molecule has 0 aliphatic rings. The lowest BCUT2D eigenvalue weighted by molar-refractivity contribution is 0.441. The van der Waals surface area contributed by atoms with Crippen LogP contribution in [-0.4, -0.2) is 10.2 Å². The van der Waals surface area contributed by atoms with E-state index in [0.717, 1.165) is 5.56 Å². The van der Waals surface area contributed by atoms with E-state index in [0.29, 0.717) is 14.5 Å². The van der Waals surface area contributed by atoms with E-state index >= 15 is 0 Å². The smallest absolute Gasteiger partial charge is 0.344 e. The molecule has 170 valence electrons. The molecule has 34 heavy (non-hydrogen) atoms. The summed E-state index contributed by atoms with van der Waals surface area (Å²) >= 11 is 6.72. The molecule has 0 saturated heterocycles. The summed E-state index contributed by atoms with van der Waals surface area (Å²) in [4.78, 5) is 26.3. The van der Waals surface area contributed by atoms with Crippen molar-refractivity contribution in [1.29, 1.82) is 0 Å². The van der Waals surface area contributed by atoms with Crippen LogP contribution in [0.1, 0.15) is 28.2 Å². The summed E-state index contributed by atoms with van der Waals surface area (Å²) in [6.07, 6.45) is 0.